The highest BCUT2D eigenvalue weighted by Gasteiger charge is 2.13. The van der Waals surface area contributed by atoms with Crippen molar-refractivity contribution in [3.05, 3.63) is 88.3 Å². The van der Waals surface area contributed by atoms with Crippen molar-refractivity contribution in [3.63, 3.8) is 0 Å². The lowest BCUT2D eigenvalue weighted by atomic mass is 10.0. The number of aromatic nitrogens is 2. The van der Waals surface area contributed by atoms with E-state index < -0.39 is 0 Å². The lowest BCUT2D eigenvalue weighted by Crippen LogP contribution is -2.29. The molecular weight excluding hydrogens is 366 g/mol. The summed E-state index contributed by atoms with van der Waals surface area (Å²) in [5.74, 6) is -0.178. The first-order chi connectivity index (χ1) is 14.2. The van der Waals surface area contributed by atoms with Crippen molar-refractivity contribution in [1.29, 1.82) is 0 Å². The number of benzene rings is 3. The zero-order valence-corrected chi connectivity index (χ0v) is 16.1. The molecular formula is C23H21N3O3. The van der Waals surface area contributed by atoms with Crippen LogP contribution in [-0.2, 0) is 17.8 Å². The molecule has 0 aliphatic heterocycles. The van der Waals surface area contributed by atoms with Gasteiger partial charge in [0, 0.05) is 18.1 Å². The SMILES string of the molecule is COCCn1nc(CNC(=O)c2cccc3ccccc23)c2ccccc2c1=O. The summed E-state index contributed by atoms with van der Waals surface area (Å²) in [6.45, 7) is 0.952. The highest BCUT2D eigenvalue weighted by atomic mass is 16.5. The van der Waals surface area contributed by atoms with Crippen molar-refractivity contribution in [1.82, 2.24) is 15.1 Å². The maximum atomic E-state index is 12.9. The molecule has 4 rings (SSSR count). The fraction of sp³-hybridized carbons (Fsp3) is 0.174. The standard InChI is InChI=1S/C23H21N3O3/c1-29-14-13-26-23(28)20-11-5-4-10-18(20)21(25-26)15-24-22(27)19-12-6-8-16-7-2-3-9-17(16)19/h2-12H,13-15H2,1H3,(H,24,27). The molecule has 0 fully saturated rings. The number of fused-ring (bicyclic) bond motifs is 2. The van der Waals surface area contributed by atoms with Crippen molar-refractivity contribution in [2.75, 3.05) is 13.7 Å². The van der Waals surface area contributed by atoms with Crippen LogP contribution in [0.15, 0.2) is 71.5 Å². The van der Waals surface area contributed by atoms with Crippen LogP contribution in [0.5, 0.6) is 0 Å². The molecule has 0 unspecified atom stereocenters. The van der Waals surface area contributed by atoms with Gasteiger partial charge in [0.1, 0.15) is 0 Å². The number of ether oxygens (including phenoxy) is 1. The maximum absolute atomic E-state index is 12.9. The van der Waals surface area contributed by atoms with Crippen molar-refractivity contribution in [2.24, 2.45) is 0 Å². The third kappa shape index (κ3) is 3.75. The van der Waals surface area contributed by atoms with Crippen molar-refractivity contribution in [2.45, 2.75) is 13.1 Å². The number of rotatable bonds is 6. The minimum absolute atomic E-state index is 0.165. The first kappa shape index (κ1) is 18.8. The summed E-state index contributed by atoms with van der Waals surface area (Å²) in [6.07, 6.45) is 0. The van der Waals surface area contributed by atoms with E-state index in [-0.39, 0.29) is 18.0 Å². The van der Waals surface area contributed by atoms with E-state index in [9.17, 15) is 9.59 Å². The largest absolute Gasteiger partial charge is 0.383 e. The molecule has 6 heteroatoms. The van der Waals surface area contributed by atoms with Crippen LogP contribution >= 0.6 is 0 Å². The summed E-state index contributed by atoms with van der Waals surface area (Å²) in [6, 6.07) is 20.7. The Labute approximate surface area is 167 Å². The predicted octanol–water partition coefficient (Wildman–Crippen LogP) is 3.13. The van der Waals surface area contributed by atoms with Gasteiger partial charge >= 0.3 is 0 Å². The van der Waals surface area contributed by atoms with E-state index in [1.54, 1.807) is 13.2 Å². The predicted molar refractivity (Wildman–Crippen MR) is 113 cm³/mol. The fourth-order valence-corrected chi connectivity index (χ4v) is 3.45. The Morgan fingerprint density at radius 2 is 1.66 bits per heavy atom. The second kappa shape index (κ2) is 8.24. The quantitative estimate of drug-likeness (QED) is 0.552. The number of nitrogens with one attached hydrogen (secondary N) is 1. The van der Waals surface area contributed by atoms with Crippen molar-refractivity contribution in [3.8, 4) is 0 Å². The van der Waals surface area contributed by atoms with Gasteiger partial charge in [-0.3, -0.25) is 9.59 Å². The molecule has 0 saturated heterocycles. The summed E-state index contributed by atoms with van der Waals surface area (Å²) >= 11 is 0. The molecule has 0 spiro atoms. The van der Waals surface area contributed by atoms with E-state index in [0.717, 1.165) is 16.2 Å². The molecule has 146 valence electrons. The average Bonchev–Trinajstić information content (AvgIpc) is 2.77. The molecule has 0 radical (unpaired) electrons. The zero-order chi connectivity index (χ0) is 20.2. The number of nitrogens with zero attached hydrogens (tertiary/aromatic N) is 2. The lowest BCUT2D eigenvalue weighted by molar-refractivity contribution is 0.0952. The van der Waals surface area contributed by atoms with Crippen molar-refractivity contribution < 1.29 is 9.53 Å². The van der Waals surface area contributed by atoms with E-state index in [0.29, 0.717) is 29.8 Å². The molecule has 1 amide bonds. The van der Waals surface area contributed by atoms with Gasteiger partial charge in [-0.1, -0.05) is 54.6 Å². The molecule has 4 aromatic rings. The van der Waals surface area contributed by atoms with Gasteiger partial charge in [-0.25, -0.2) is 4.68 Å². The van der Waals surface area contributed by atoms with Crippen LogP contribution in [0.3, 0.4) is 0 Å². The summed E-state index contributed by atoms with van der Waals surface area (Å²) in [7, 11) is 1.58. The Balaban J connectivity index is 1.66. The summed E-state index contributed by atoms with van der Waals surface area (Å²) in [5.41, 5.74) is 1.09. The minimum Gasteiger partial charge on any atom is -0.383 e. The smallest absolute Gasteiger partial charge is 0.274 e. The lowest BCUT2D eigenvalue weighted by Gasteiger charge is -2.12. The van der Waals surface area contributed by atoms with Crippen LogP contribution in [0, 0.1) is 0 Å². The van der Waals surface area contributed by atoms with E-state index in [1.807, 2.05) is 60.7 Å². The second-order valence-electron chi connectivity index (χ2n) is 6.72. The number of hydrogen-bond acceptors (Lipinski definition) is 4. The molecule has 6 nitrogen and oxygen atoms in total. The van der Waals surface area contributed by atoms with Gasteiger partial charge in [0.15, 0.2) is 0 Å². The molecule has 3 aromatic carbocycles. The van der Waals surface area contributed by atoms with E-state index in [4.69, 9.17) is 4.74 Å². The Morgan fingerprint density at radius 1 is 0.966 bits per heavy atom. The van der Waals surface area contributed by atoms with E-state index >= 15 is 0 Å². The number of amides is 1. The first-order valence-corrected chi connectivity index (χ1v) is 9.42. The minimum atomic E-state index is -0.178. The molecule has 1 heterocycles. The maximum Gasteiger partial charge on any atom is 0.274 e. The van der Waals surface area contributed by atoms with Gasteiger partial charge in [0.25, 0.3) is 11.5 Å². The zero-order valence-electron chi connectivity index (χ0n) is 16.1. The molecule has 0 aliphatic carbocycles. The van der Waals surface area contributed by atoms with Crippen LogP contribution in [0.2, 0.25) is 0 Å². The topological polar surface area (TPSA) is 73.2 Å². The van der Waals surface area contributed by atoms with Gasteiger partial charge < -0.3 is 10.1 Å². The molecule has 0 bridgehead atoms. The Hall–Kier alpha value is -3.51. The average molecular weight is 387 g/mol. The van der Waals surface area contributed by atoms with Gasteiger partial charge in [-0.2, -0.15) is 5.10 Å². The third-order valence-electron chi connectivity index (χ3n) is 4.90. The summed E-state index contributed by atoms with van der Waals surface area (Å²) < 4.78 is 6.47. The van der Waals surface area contributed by atoms with Crippen LogP contribution in [0.1, 0.15) is 16.1 Å². The number of carbonyl (C=O) groups is 1. The summed E-state index contributed by atoms with van der Waals surface area (Å²) in [4.78, 5) is 25.5. The molecule has 0 aliphatic rings. The number of carbonyl (C=O) groups excluding carboxylic acids is 1. The Kier molecular flexibility index (Phi) is 5.35. The van der Waals surface area contributed by atoms with E-state index in [2.05, 4.69) is 10.4 Å². The Morgan fingerprint density at radius 3 is 2.45 bits per heavy atom. The summed E-state index contributed by atoms with van der Waals surface area (Å²) in [5, 5.41) is 10.7. The Bertz CT molecular complexity index is 1240. The molecule has 1 N–H and O–H groups in total. The van der Waals surface area contributed by atoms with Crippen LogP contribution < -0.4 is 10.9 Å². The number of hydrogen-bond donors (Lipinski definition) is 1. The van der Waals surface area contributed by atoms with Crippen LogP contribution in [0.25, 0.3) is 21.5 Å². The van der Waals surface area contributed by atoms with Crippen LogP contribution in [-0.4, -0.2) is 29.4 Å². The number of methoxy groups -OCH3 is 1. The fourth-order valence-electron chi connectivity index (χ4n) is 3.45. The normalized spacial score (nSPS) is 11.1. The van der Waals surface area contributed by atoms with Crippen LogP contribution in [0.4, 0.5) is 0 Å². The third-order valence-corrected chi connectivity index (χ3v) is 4.90. The van der Waals surface area contributed by atoms with Gasteiger partial charge in [0.05, 0.1) is 30.8 Å². The van der Waals surface area contributed by atoms with E-state index in [1.165, 1.54) is 4.68 Å². The molecule has 1 aromatic heterocycles. The highest BCUT2D eigenvalue weighted by molar-refractivity contribution is 6.07. The molecule has 29 heavy (non-hydrogen) atoms. The van der Waals surface area contributed by atoms with Crippen molar-refractivity contribution >= 4 is 27.5 Å². The van der Waals surface area contributed by atoms with Gasteiger partial charge in [0.2, 0.25) is 0 Å². The first-order valence-electron chi connectivity index (χ1n) is 9.42. The molecule has 0 atom stereocenters. The second-order valence-corrected chi connectivity index (χ2v) is 6.72. The monoisotopic (exact) mass is 387 g/mol. The molecule has 0 saturated carbocycles. The van der Waals surface area contributed by atoms with Gasteiger partial charge in [-0.15, -0.1) is 0 Å². The highest BCUT2D eigenvalue weighted by Crippen LogP contribution is 2.19. The van der Waals surface area contributed by atoms with Gasteiger partial charge in [-0.05, 0) is 22.9 Å².